The van der Waals surface area contributed by atoms with Crippen molar-refractivity contribution in [2.45, 2.75) is 32.6 Å². The average Bonchev–Trinajstić information content (AvgIpc) is 2.92. The first kappa shape index (κ1) is 11.6. The Labute approximate surface area is 98.5 Å². The smallest absolute Gasteiger partial charge is 0.0465 e. The predicted octanol–water partition coefficient (Wildman–Crippen LogP) is 2.60. The van der Waals surface area contributed by atoms with Crippen molar-refractivity contribution in [1.82, 2.24) is 10.3 Å². The molecule has 2 unspecified atom stereocenters. The highest BCUT2D eigenvalue weighted by atomic mass is 14.9. The highest BCUT2D eigenvalue weighted by molar-refractivity contribution is 5.26. The molecular weight excluding hydrogens is 196 g/mol. The highest BCUT2D eigenvalue weighted by Gasteiger charge is 2.51. The van der Waals surface area contributed by atoms with Crippen LogP contribution in [-0.2, 0) is 5.41 Å². The predicted molar refractivity (Wildman–Crippen MR) is 67.4 cm³/mol. The van der Waals surface area contributed by atoms with Crippen molar-refractivity contribution in [3.8, 4) is 0 Å². The van der Waals surface area contributed by atoms with Gasteiger partial charge in [-0.1, -0.05) is 26.8 Å². The van der Waals surface area contributed by atoms with Crippen molar-refractivity contribution >= 4 is 0 Å². The molecule has 1 heterocycles. The van der Waals surface area contributed by atoms with E-state index in [1.54, 1.807) is 0 Å². The van der Waals surface area contributed by atoms with Gasteiger partial charge in [0.05, 0.1) is 0 Å². The van der Waals surface area contributed by atoms with Crippen LogP contribution in [0.2, 0.25) is 0 Å². The quantitative estimate of drug-likeness (QED) is 0.821. The van der Waals surface area contributed by atoms with Crippen LogP contribution in [0.3, 0.4) is 0 Å². The van der Waals surface area contributed by atoms with Crippen molar-refractivity contribution in [2.75, 3.05) is 13.1 Å². The van der Waals surface area contributed by atoms with Crippen LogP contribution in [0.1, 0.15) is 32.9 Å². The van der Waals surface area contributed by atoms with Gasteiger partial charge < -0.3 is 5.32 Å². The van der Waals surface area contributed by atoms with E-state index >= 15 is 0 Å². The molecule has 0 spiro atoms. The third-order valence-electron chi connectivity index (χ3n) is 3.60. The van der Waals surface area contributed by atoms with Crippen molar-refractivity contribution in [3.63, 3.8) is 0 Å². The molecule has 0 amide bonds. The van der Waals surface area contributed by atoms with Gasteiger partial charge in [-0.3, -0.25) is 4.98 Å². The van der Waals surface area contributed by atoms with Crippen LogP contribution in [0.25, 0.3) is 0 Å². The third kappa shape index (κ3) is 2.43. The Kier molecular flexibility index (Phi) is 3.29. The average molecular weight is 218 g/mol. The third-order valence-corrected chi connectivity index (χ3v) is 3.60. The Morgan fingerprint density at radius 3 is 2.94 bits per heavy atom. The lowest BCUT2D eigenvalue weighted by Gasteiger charge is -2.12. The molecule has 1 aliphatic rings. The Morgan fingerprint density at radius 2 is 2.31 bits per heavy atom. The van der Waals surface area contributed by atoms with E-state index in [0.29, 0.717) is 5.41 Å². The normalized spacial score (nSPS) is 28.4. The van der Waals surface area contributed by atoms with E-state index in [1.807, 2.05) is 12.3 Å². The van der Waals surface area contributed by atoms with Crippen molar-refractivity contribution < 1.29 is 0 Å². The second-order valence-electron chi connectivity index (χ2n) is 5.59. The van der Waals surface area contributed by atoms with Gasteiger partial charge in [0.1, 0.15) is 0 Å². The van der Waals surface area contributed by atoms with Gasteiger partial charge in [-0.25, -0.2) is 0 Å². The molecular formula is C14H22N2. The first-order valence-corrected chi connectivity index (χ1v) is 6.25. The Morgan fingerprint density at radius 1 is 1.50 bits per heavy atom. The molecule has 16 heavy (non-hydrogen) atoms. The molecule has 1 fully saturated rings. The zero-order chi connectivity index (χ0) is 11.6. The summed E-state index contributed by atoms with van der Waals surface area (Å²) >= 11 is 0. The van der Waals surface area contributed by atoms with E-state index in [2.05, 4.69) is 43.2 Å². The van der Waals surface area contributed by atoms with Crippen LogP contribution < -0.4 is 5.32 Å². The van der Waals surface area contributed by atoms with Gasteiger partial charge in [0.15, 0.2) is 0 Å². The second-order valence-corrected chi connectivity index (χ2v) is 5.59. The van der Waals surface area contributed by atoms with E-state index in [-0.39, 0.29) is 0 Å². The molecule has 1 aliphatic carbocycles. The van der Waals surface area contributed by atoms with E-state index in [1.165, 1.54) is 12.1 Å². The molecule has 0 radical (unpaired) electrons. The molecule has 88 valence electrons. The number of hydrogen-bond donors (Lipinski definition) is 1. The minimum absolute atomic E-state index is 0.325. The number of hydrogen-bond acceptors (Lipinski definition) is 2. The van der Waals surface area contributed by atoms with Crippen molar-refractivity contribution in [3.05, 3.63) is 30.1 Å². The highest BCUT2D eigenvalue weighted by Crippen LogP contribution is 2.52. The van der Waals surface area contributed by atoms with Crippen LogP contribution in [0.4, 0.5) is 0 Å². The first-order valence-electron chi connectivity index (χ1n) is 6.25. The molecule has 2 nitrogen and oxygen atoms in total. The largest absolute Gasteiger partial charge is 0.316 e. The first-order chi connectivity index (χ1) is 7.63. The van der Waals surface area contributed by atoms with Crippen molar-refractivity contribution in [2.24, 2.45) is 11.8 Å². The summed E-state index contributed by atoms with van der Waals surface area (Å²) in [5.41, 5.74) is 1.58. The summed E-state index contributed by atoms with van der Waals surface area (Å²) < 4.78 is 0. The van der Waals surface area contributed by atoms with Crippen molar-refractivity contribution in [1.29, 1.82) is 0 Å². The molecule has 1 aromatic rings. The monoisotopic (exact) mass is 218 g/mol. The summed E-state index contributed by atoms with van der Waals surface area (Å²) in [6, 6.07) is 6.23. The Hall–Kier alpha value is -0.890. The summed E-state index contributed by atoms with van der Waals surface area (Å²) in [5, 5.41) is 3.54. The minimum atomic E-state index is 0.325. The lowest BCUT2D eigenvalue weighted by Crippen LogP contribution is -2.24. The maximum atomic E-state index is 4.48. The van der Waals surface area contributed by atoms with Gasteiger partial charge in [0.25, 0.3) is 0 Å². The maximum absolute atomic E-state index is 4.48. The van der Waals surface area contributed by atoms with E-state index < -0.39 is 0 Å². The Bertz CT molecular complexity index is 334. The van der Waals surface area contributed by atoms with E-state index in [0.717, 1.165) is 24.9 Å². The molecule has 2 rings (SSSR count). The van der Waals surface area contributed by atoms with Crippen LogP contribution in [0, 0.1) is 11.8 Å². The standard InChI is InChI=1S/C14H22N2/c1-11(2)9-15-10-12-8-14(12,3)13-6-4-5-7-16-13/h4-7,11-12,15H,8-10H2,1-3H3. The lowest BCUT2D eigenvalue weighted by atomic mass is 10.0. The number of rotatable bonds is 5. The molecule has 2 heteroatoms. The van der Waals surface area contributed by atoms with Crippen LogP contribution in [0.15, 0.2) is 24.4 Å². The van der Waals surface area contributed by atoms with Gasteiger partial charge in [-0.15, -0.1) is 0 Å². The lowest BCUT2D eigenvalue weighted by molar-refractivity contribution is 0.512. The second kappa shape index (κ2) is 4.54. The van der Waals surface area contributed by atoms with Gasteiger partial charge in [0.2, 0.25) is 0 Å². The van der Waals surface area contributed by atoms with Gasteiger partial charge in [-0.2, -0.15) is 0 Å². The topological polar surface area (TPSA) is 24.9 Å². The van der Waals surface area contributed by atoms with E-state index in [4.69, 9.17) is 0 Å². The zero-order valence-corrected chi connectivity index (χ0v) is 10.5. The molecule has 1 N–H and O–H groups in total. The summed E-state index contributed by atoms with van der Waals surface area (Å²) in [5.74, 6) is 1.50. The number of pyridine rings is 1. The summed E-state index contributed by atoms with van der Waals surface area (Å²) in [6.07, 6.45) is 3.17. The molecule has 0 aliphatic heterocycles. The Balaban J connectivity index is 1.85. The number of nitrogens with one attached hydrogen (secondary N) is 1. The molecule has 0 aromatic carbocycles. The number of aromatic nitrogens is 1. The molecule has 2 atom stereocenters. The van der Waals surface area contributed by atoms with Crippen LogP contribution in [-0.4, -0.2) is 18.1 Å². The van der Waals surface area contributed by atoms with Crippen LogP contribution >= 0.6 is 0 Å². The van der Waals surface area contributed by atoms with Crippen LogP contribution in [0.5, 0.6) is 0 Å². The summed E-state index contributed by atoms with van der Waals surface area (Å²) in [4.78, 5) is 4.48. The fourth-order valence-electron chi connectivity index (χ4n) is 2.31. The maximum Gasteiger partial charge on any atom is 0.0465 e. The van der Waals surface area contributed by atoms with Gasteiger partial charge >= 0.3 is 0 Å². The molecule has 0 saturated heterocycles. The van der Waals surface area contributed by atoms with Gasteiger partial charge in [0, 0.05) is 17.3 Å². The minimum Gasteiger partial charge on any atom is -0.316 e. The molecule has 1 saturated carbocycles. The zero-order valence-electron chi connectivity index (χ0n) is 10.5. The summed E-state index contributed by atoms with van der Waals surface area (Å²) in [7, 11) is 0. The fraction of sp³-hybridized carbons (Fsp3) is 0.643. The molecule has 1 aromatic heterocycles. The van der Waals surface area contributed by atoms with E-state index in [9.17, 15) is 0 Å². The molecule has 0 bridgehead atoms. The SMILES string of the molecule is CC(C)CNCC1CC1(C)c1ccccn1. The number of nitrogens with zero attached hydrogens (tertiary/aromatic N) is 1. The fourth-order valence-corrected chi connectivity index (χ4v) is 2.31. The summed E-state index contributed by atoms with van der Waals surface area (Å²) in [6.45, 7) is 9.08. The van der Waals surface area contributed by atoms with Gasteiger partial charge in [-0.05, 0) is 43.5 Å².